The maximum absolute atomic E-state index is 13.4. The van der Waals surface area contributed by atoms with Gasteiger partial charge in [0.1, 0.15) is 5.82 Å². The summed E-state index contributed by atoms with van der Waals surface area (Å²) in [5.74, 6) is -0.0504. The van der Waals surface area contributed by atoms with Crippen LogP contribution in [0, 0.1) is 5.82 Å². The molecule has 1 saturated carbocycles. The summed E-state index contributed by atoms with van der Waals surface area (Å²) >= 11 is 0. The smallest absolute Gasteiger partial charge is 0.123 e. The van der Waals surface area contributed by atoms with E-state index < -0.39 is 0 Å². The van der Waals surface area contributed by atoms with E-state index in [1.165, 1.54) is 56.1 Å². The summed E-state index contributed by atoms with van der Waals surface area (Å²) in [5, 5.41) is 0. The predicted octanol–water partition coefficient (Wildman–Crippen LogP) is 4.36. The van der Waals surface area contributed by atoms with Crippen molar-refractivity contribution in [2.75, 3.05) is 0 Å². The van der Waals surface area contributed by atoms with Crippen LogP contribution in [0.1, 0.15) is 56.1 Å². The third-order valence-corrected chi connectivity index (χ3v) is 4.56. The Morgan fingerprint density at radius 2 is 1.69 bits per heavy atom. The van der Waals surface area contributed by atoms with Gasteiger partial charge in [-0.15, -0.1) is 0 Å². The first kappa shape index (κ1) is 10.3. The molecule has 0 atom stereocenters. The summed E-state index contributed by atoms with van der Waals surface area (Å²) in [4.78, 5) is 0. The van der Waals surface area contributed by atoms with Gasteiger partial charge >= 0.3 is 0 Å². The lowest BCUT2D eigenvalue weighted by Crippen LogP contribution is -2.33. The van der Waals surface area contributed by atoms with Gasteiger partial charge < -0.3 is 0 Å². The topological polar surface area (TPSA) is 0 Å². The van der Waals surface area contributed by atoms with Gasteiger partial charge in [-0.25, -0.2) is 4.39 Å². The first-order chi connectivity index (χ1) is 7.80. The van der Waals surface area contributed by atoms with Gasteiger partial charge in [0.2, 0.25) is 0 Å². The maximum atomic E-state index is 13.4. The highest BCUT2D eigenvalue weighted by molar-refractivity contribution is 5.37. The molecule has 16 heavy (non-hydrogen) atoms. The Morgan fingerprint density at radius 3 is 2.50 bits per heavy atom. The molecule has 0 saturated heterocycles. The van der Waals surface area contributed by atoms with Crippen molar-refractivity contribution in [3.63, 3.8) is 0 Å². The van der Waals surface area contributed by atoms with Crippen LogP contribution in [0.25, 0.3) is 0 Å². The lowest BCUT2D eigenvalue weighted by atomic mass is 9.62. The van der Waals surface area contributed by atoms with Gasteiger partial charge in [-0.2, -0.15) is 0 Å². The standard InChI is InChI=1S/C15H19F/c16-13-7-6-12-5-4-10-15(14(12)11-13)8-2-1-3-9-15/h6-7,11H,1-5,8-10H2. The van der Waals surface area contributed by atoms with Crippen molar-refractivity contribution in [1.82, 2.24) is 0 Å². The molecule has 1 heteroatoms. The zero-order valence-electron chi connectivity index (χ0n) is 9.77. The quantitative estimate of drug-likeness (QED) is 0.606. The van der Waals surface area contributed by atoms with Gasteiger partial charge in [-0.05, 0) is 60.8 Å². The third kappa shape index (κ3) is 1.57. The van der Waals surface area contributed by atoms with E-state index in [-0.39, 0.29) is 5.82 Å². The Kier molecular flexibility index (Phi) is 2.49. The molecule has 0 N–H and O–H groups in total. The van der Waals surface area contributed by atoms with E-state index in [2.05, 4.69) is 0 Å². The number of rotatable bonds is 0. The largest absolute Gasteiger partial charge is 0.207 e. The number of fused-ring (bicyclic) bond motifs is 2. The van der Waals surface area contributed by atoms with Crippen molar-refractivity contribution in [2.24, 2.45) is 0 Å². The molecule has 0 heterocycles. The molecule has 0 aliphatic heterocycles. The molecule has 2 aliphatic rings. The molecule has 3 rings (SSSR count). The van der Waals surface area contributed by atoms with Gasteiger partial charge in [-0.3, -0.25) is 0 Å². The van der Waals surface area contributed by atoms with Gasteiger partial charge in [0.15, 0.2) is 0 Å². The molecule has 0 amide bonds. The summed E-state index contributed by atoms with van der Waals surface area (Å²) in [7, 11) is 0. The SMILES string of the molecule is Fc1ccc2c(c1)C1(CCCCC1)CCC2. The number of hydrogen-bond donors (Lipinski definition) is 0. The van der Waals surface area contributed by atoms with E-state index in [9.17, 15) is 4.39 Å². The van der Waals surface area contributed by atoms with Crippen LogP contribution in [0.2, 0.25) is 0 Å². The Morgan fingerprint density at radius 1 is 0.938 bits per heavy atom. The lowest BCUT2D eigenvalue weighted by molar-refractivity contribution is 0.254. The van der Waals surface area contributed by atoms with E-state index in [0.29, 0.717) is 5.41 Å². The molecule has 1 fully saturated rings. The molecule has 2 aliphatic carbocycles. The molecule has 0 aromatic heterocycles. The van der Waals surface area contributed by atoms with Crippen molar-refractivity contribution in [2.45, 2.75) is 56.8 Å². The van der Waals surface area contributed by atoms with E-state index in [4.69, 9.17) is 0 Å². The van der Waals surface area contributed by atoms with E-state index in [1.807, 2.05) is 12.1 Å². The zero-order chi connectivity index (χ0) is 11.0. The first-order valence-electron chi connectivity index (χ1n) is 6.59. The van der Waals surface area contributed by atoms with Crippen LogP contribution < -0.4 is 0 Å². The van der Waals surface area contributed by atoms with E-state index in [0.717, 1.165) is 6.42 Å². The van der Waals surface area contributed by atoms with Gasteiger partial charge in [0.05, 0.1) is 0 Å². The average molecular weight is 218 g/mol. The van der Waals surface area contributed by atoms with E-state index in [1.54, 1.807) is 6.07 Å². The zero-order valence-corrected chi connectivity index (χ0v) is 9.77. The summed E-state index contributed by atoms with van der Waals surface area (Å²) in [6.07, 6.45) is 10.3. The minimum Gasteiger partial charge on any atom is -0.207 e. The first-order valence-corrected chi connectivity index (χ1v) is 6.59. The van der Waals surface area contributed by atoms with Crippen LogP contribution in [-0.2, 0) is 11.8 Å². The molecule has 0 radical (unpaired) electrons. The average Bonchev–Trinajstić information content (AvgIpc) is 2.32. The van der Waals surface area contributed by atoms with Crippen LogP contribution in [0.15, 0.2) is 18.2 Å². The fourth-order valence-electron chi connectivity index (χ4n) is 3.76. The van der Waals surface area contributed by atoms with Crippen LogP contribution in [0.3, 0.4) is 0 Å². The van der Waals surface area contributed by atoms with Crippen molar-refractivity contribution in [1.29, 1.82) is 0 Å². The van der Waals surface area contributed by atoms with Crippen LogP contribution in [-0.4, -0.2) is 0 Å². The fourth-order valence-corrected chi connectivity index (χ4v) is 3.76. The second-order valence-corrected chi connectivity index (χ2v) is 5.50. The number of benzene rings is 1. The minimum absolute atomic E-state index is 0.0504. The Labute approximate surface area is 96.9 Å². The van der Waals surface area contributed by atoms with Gasteiger partial charge in [0.25, 0.3) is 0 Å². The molecule has 1 aromatic rings. The van der Waals surface area contributed by atoms with Crippen molar-refractivity contribution < 1.29 is 4.39 Å². The van der Waals surface area contributed by atoms with Crippen LogP contribution in [0.4, 0.5) is 4.39 Å². The highest BCUT2D eigenvalue weighted by Gasteiger charge is 2.37. The van der Waals surface area contributed by atoms with Crippen molar-refractivity contribution >= 4 is 0 Å². The maximum Gasteiger partial charge on any atom is 0.123 e. The highest BCUT2D eigenvalue weighted by Crippen LogP contribution is 2.47. The number of aryl methyl sites for hydroxylation is 1. The molecule has 0 nitrogen and oxygen atoms in total. The predicted molar refractivity (Wildman–Crippen MR) is 64.1 cm³/mol. The number of halogens is 1. The molecule has 1 spiro atoms. The molecule has 86 valence electrons. The molecule has 1 aromatic carbocycles. The summed E-state index contributed by atoms with van der Waals surface area (Å²) in [6, 6.07) is 5.46. The number of hydrogen-bond acceptors (Lipinski definition) is 0. The van der Waals surface area contributed by atoms with Crippen molar-refractivity contribution in [3.05, 3.63) is 35.1 Å². The summed E-state index contributed by atoms with van der Waals surface area (Å²) < 4.78 is 13.4. The van der Waals surface area contributed by atoms with Gasteiger partial charge in [0, 0.05) is 0 Å². The van der Waals surface area contributed by atoms with Gasteiger partial charge in [-0.1, -0.05) is 25.3 Å². The molecular weight excluding hydrogens is 199 g/mol. The second-order valence-electron chi connectivity index (χ2n) is 5.50. The Bertz CT molecular complexity index is 388. The summed E-state index contributed by atoms with van der Waals surface area (Å²) in [6.45, 7) is 0. The van der Waals surface area contributed by atoms with Crippen LogP contribution in [0.5, 0.6) is 0 Å². The van der Waals surface area contributed by atoms with E-state index >= 15 is 0 Å². The molecular formula is C15H19F. The fraction of sp³-hybridized carbons (Fsp3) is 0.600. The highest BCUT2D eigenvalue weighted by atomic mass is 19.1. The molecule has 0 bridgehead atoms. The molecule has 0 unspecified atom stereocenters. The summed E-state index contributed by atoms with van der Waals surface area (Å²) in [5.41, 5.74) is 3.10. The Balaban J connectivity index is 2.06. The third-order valence-electron chi connectivity index (χ3n) is 4.56. The normalized spacial score (nSPS) is 23.1. The van der Waals surface area contributed by atoms with Crippen molar-refractivity contribution in [3.8, 4) is 0 Å². The monoisotopic (exact) mass is 218 g/mol. The lowest BCUT2D eigenvalue weighted by Gasteiger charge is -2.42. The van der Waals surface area contributed by atoms with Crippen LogP contribution >= 0.6 is 0 Å². The second kappa shape index (κ2) is 3.87. The minimum atomic E-state index is -0.0504. The Hall–Kier alpha value is -0.850.